The van der Waals surface area contributed by atoms with E-state index in [1.54, 1.807) is 19.5 Å². The lowest BCUT2D eigenvalue weighted by Crippen LogP contribution is -1.99. The van der Waals surface area contributed by atoms with E-state index < -0.39 is 0 Å². The van der Waals surface area contributed by atoms with E-state index in [4.69, 9.17) is 4.74 Å². The molecule has 3 heterocycles. The topological polar surface area (TPSA) is 55.7 Å². The maximum Gasteiger partial charge on any atom is 0.213 e. The lowest BCUT2D eigenvalue weighted by molar-refractivity contribution is 0.397. The third kappa shape index (κ3) is 1.75. The van der Waals surface area contributed by atoms with Crippen LogP contribution in [-0.2, 0) is 0 Å². The second kappa shape index (κ2) is 4.37. The van der Waals surface area contributed by atoms with Crippen molar-refractivity contribution in [1.82, 2.24) is 19.7 Å². The van der Waals surface area contributed by atoms with E-state index in [0.29, 0.717) is 5.88 Å². The second-order valence-corrected chi connectivity index (χ2v) is 3.79. The van der Waals surface area contributed by atoms with Gasteiger partial charge in [0.1, 0.15) is 0 Å². The Balaban J connectivity index is 2.04. The molecular formula is C13H12N4O. The highest BCUT2D eigenvalue weighted by atomic mass is 16.5. The van der Waals surface area contributed by atoms with E-state index in [1.165, 1.54) is 0 Å². The number of rotatable bonds is 3. The number of hydrogen-bond acceptors (Lipinski definition) is 3. The molecule has 3 aromatic heterocycles. The van der Waals surface area contributed by atoms with Gasteiger partial charge in [0.05, 0.1) is 30.9 Å². The predicted octanol–water partition coefficient (Wildman–Crippen LogP) is 2.27. The zero-order chi connectivity index (χ0) is 12.4. The molecule has 0 unspecified atom stereocenters. The minimum Gasteiger partial charge on any atom is -0.481 e. The third-order valence-corrected chi connectivity index (χ3v) is 2.71. The van der Waals surface area contributed by atoms with Gasteiger partial charge in [-0.15, -0.1) is 0 Å². The Labute approximate surface area is 104 Å². The first-order valence-electron chi connectivity index (χ1n) is 5.56. The van der Waals surface area contributed by atoms with Gasteiger partial charge in [-0.2, -0.15) is 5.10 Å². The van der Waals surface area contributed by atoms with Crippen LogP contribution in [0, 0.1) is 0 Å². The smallest absolute Gasteiger partial charge is 0.213 e. The first kappa shape index (κ1) is 10.6. The summed E-state index contributed by atoms with van der Waals surface area (Å²) in [5.41, 5.74) is 3.00. The fourth-order valence-electron chi connectivity index (χ4n) is 1.83. The summed E-state index contributed by atoms with van der Waals surface area (Å²) < 4.78 is 6.89. The van der Waals surface area contributed by atoms with Crippen molar-refractivity contribution in [3.8, 4) is 22.8 Å². The predicted molar refractivity (Wildman–Crippen MR) is 67.7 cm³/mol. The summed E-state index contributed by atoms with van der Waals surface area (Å²) in [7, 11) is 1.60. The standard InChI is InChI=1S/C13H12N4O/c1-18-13-3-2-11(9-15-13)17-12(5-7-16-17)10-4-6-14-8-10/h2-9,14H,1H3. The Morgan fingerprint density at radius 3 is 2.83 bits per heavy atom. The molecule has 0 spiro atoms. The highest BCUT2D eigenvalue weighted by molar-refractivity contribution is 5.60. The van der Waals surface area contributed by atoms with Crippen molar-refractivity contribution < 1.29 is 4.74 Å². The van der Waals surface area contributed by atoms with Gasteiger partial charge in [-0.25, -0.2) is 9.67 Å². The van der Waals surface area contributed by atoms with Crippen molar-refractivity contribution in [3.63, 3.8) is 0 Å². The summed E-state index contributed by atoms with van der Waals surface area (Å²) >= 11 is 0. The van der Waals surface area contributed by atoms with Crippen molar-refractivity contribution in [2.75, 3.05) is 7.11 Å². The van der Waals surface area contributed by atoms with Crippen LogP contribution >= 0.6 is 0 Å². The molecule has 0 amide bonds. The van der Waals surface area contributed by atoms with Crippen molar-refractivity contribution in [2.45, 2.75) is 0 Å². The normalized spacial score (nSPS) is 10.5. The number of methoxy groups -OCH3 is 1. The molecule has 0 aliphatic heterocycles. The van der Waals surface area contributed by atoms with Gasteiger partial charge in [0.2, 0.25) is 5.88 Å². The Bertz CT molecular complexity index is 625. The molecule has 5 heteroatoms. The van der Waals surface area contributed by atoms with Gasteiger partial charge < -0.3 is 9.72 Å². The number of nitrogens with one attached hydrogen (secondary N) is 1. The van der Waals surface area contributed by atoms with Crippen LogP contribution in [0.25, 0.3) is 16.9 Å². The van der Waals surface area contributed by atoms with Crippen LogP contribution in [0.5, 0.6) is 5.88 Å². The van der Waals surface area contributed by atoms with Crippen LogP contribution in [0.4, 0.5) is 0 Å². The number of pyridine rings is 1. The fourth-order valence-corrected chi connectivity index (χ4v) is 1.83. The Morgan fingerprint density at radius 1 is 1.22 bits per heavy atom. The van der Waals surface area contributed by atoms with Crippen molar-refractivity contribution in [3.05, 3.63) is 49.1 Å². The molecule has 90 valence electrons. The van der Waals surface area contributed by atoms with E-state index in [1.807, 2.05) is 41.3 Å². The summed E-state index contributed by atoms with van der Waals surface area (Å²) in [6.45, 7) is 0. The molecule has 0 aliphatic rings. The van der Waals surface area contributed by atoms with Gasteiger partial charge in [-0.1, -0.05) is 0 Å². The van der Waals surface area contributed by atoms with E-state index >= 15 is 0 Å². The number of H-pyrrole nitrogens is 1. The van der Waals surface area contributed by atoms with Crippen molar-refractivity contribution in [2.24, 2.45) is 0 Å². The molecule has 0 bridgehead atoms. The number of ether oxygens (including phenoxy) is 1. The molecule has 0 atom stereocenters. The van der Waals surface area contributed by atoms with Crippen LogP contribution in [-0.4, -0.2) is 26.9 Å². The Kier molecular flexibility index (Phi) is 2.57. The highest BCUT2D eigenvalue weighted by Crippen LogP contribution is 2.21. The minimum atomic E-state index is 0.592. The number of aromatic amines is 1. The summed E-state index contributed by atoms with van der Waals surface area (Å²) in [5.74, 6) is 0.592. The monoisotopic (exact) mass is 240 g/mol. The second-order valence-electron chi connectivity index (χ2n) is 3.79. The van der Waals surface area contributed by atoms with Crippen molar-refractivity contribution >= 4 is 0 Å². The van der Waals surface area contributed by atoms with Gasteiger partial charge >= 0.3 is 0 Å². The van der Waals surface area contributed by atoms with E-state index in [2.05, 4.69) is 15.1 Å². The molecule has 5 nitrogen and oxygen atoms in total. The summed E-state index contributed by atoms with van der Waals surface area (Å²) in [4.78, 5) is 7.22. The number of nitrogens with zero attached hydrogens (tertiary/aromatic N) is 3. The van der Waals surface area contributed by atoms with Gasteiger partial charge in [0, 0.05) is 24.0 Å². The molecule has 0 fully saturated rings. The molecule has 3 rings (SSSR count). The number of aromatic nitrogens is 4. The number of hydrogen-bond donors (Lipinski definition) is 1. The molecule has 3 aromatic rings. The summed E-state index contributed by atoms with van der Waals surface area (Å²) in [5, 5.41) is 4.32. The van der Waals surface area contributed by atoms with Crippen LogP contribution in [0.2, 0.25) is 0 Å². The largest absolute Gasteiger partial charge is 0.481 e. The zero-order valence-electron chi connectivity index (χ0n) is 9.87. The SMILES string of the molecule is COc1ccc(-n2nccc2-c2cc[nH]c2)cn1. The van der Waals surface area contributed by atoms with E-state index in [9.17, 15) is 0 Å². The highest BCUT2D eigenvalue weighted by Gasteiger charge is 2.07. The van der Waals surface area contributed by atoms with Gasteiger partial charge in [0.15, 0.2) is 0 Å². The minimum absolute atomic E-state index is 0.592. The molecule has 0 saturated carbocycles. The first-order chi connectivity index (χ1) is 8.88. The lowest BCUT2D eigenvalue weighted by atomic mass is 10.2. The molecule has 1 N–H and O–H groups in total. The van der Waals surface area contributed by atoms with Crippen LogP contribution in [0.15, 0.2) is 49.1 Å². The molecule has 0 radical (unpaired) electrons. The zero-order valence-corrected chi connectivity index (χ0v) is 9.87. The summed E-state index contributed by atoms with van der Waals surface area (Å²) in [6, 6.07) is 7.71. The molecule has 0 aliphatic carbocycles. The Morgan fingerprint density at radius 2 is 2.17 bits per heavy atom. The quantitative estimate of drug-likeness (QED) is 0.764. The molecule has 0 saturated heterocycles. The summed E-state index contributed by atoms with van der Waals surface area (Å²) in [6.07, 6.45) is 7.33. The van der Waals surface area contributed by atoms with Crippen LogP contribution in [0.1, 0.15) is 0 Å². The van der Waals surface area contributed by atoms with E-state index in [-0.39, 0.29) is 0 Å². The van der Waals surface area contributed by atoms with Gasteiger partial charge in [-0.3, -0.25) is 0 Å². The molecule has 18 heavy (non-hydrogen) atoms. The third-order valence-electron chi connectivity index (χ3n) is 2.71. The average molecular weight is 240 g/mol. The Hall–Kier alpha value is -2.56. The maximum atomic E-state index is 5.04. The molecule has 0 aromatic carbocycles. The van der Waals surface area contributed by atoms with Crippen LogP contribution in [0.3, 0.4) is 0 Å². The van der Waals surface area contributed by atoms with Gasteiger partial charge in [-0.05, 0) is 18.2 Å². The van der Waals surface area contributed by atoms with E-state index in [0.717, 1.165) is 16.9 Å². The van der Waals surface area contributed by atoms with Gasteiger partial charge in [0.25, 0.3) is 0 Å². The average Bonchev–Trinajstić information content (AvgIpc) is 3.09. The first-order valence-corrected chi connectivity index (χ1v) is 5.56. The molecular weight excluding hydrogens is 228 g/mol. The fraction of sp³-hybridized carbons (Fsp3) is 0.0769. The lowest BCUT2D eigenvalue weighted by Gasteiger charge is -2.06. The van der Waals surface area contributed by atoms with Crippen molar-refractivity contribution in [1.29, 1.82) is 0 Å². The van der Waals surface area contributed by atoms with Crippen LogP contribution < -0.4 is 4.74 Å². The maximum absolute atomic E-state index is 5.04.